The second-order valence-electron chi connectivity index (χ2n) is 7.68. The van der Waals surface area contributed by atoms with Crippen LogP contribution in [0.4, 0.5) is 4.39 Å². The highest BCUT2D eigenvalue weighted by Crippen LogP contribution is 2.41. The number of hydrogen-bond donors (Lipinski definition) is 1. The fourth-order valence-electron chi connectivity index (χ4n) is 3.98. The van der Waals surface area contributed by atoms with Gasteiger partial charge in [0.15, 0.2) is 0 Å². The normalized spacial score (nSPS) is 24.6. The van der Waals surface area contributed by atoms with Gasteiger partial charge in [0.1, 0.15) is 11.9 Å². The number of nitrogens with one attached hydrogen (secondary N) is 1. The molecule has 3 rings (SSSR count). The van der Waals surface area contributed by atoms with Gasteiger partial charge in [-0.25, -0.2) is 4.39 Å². The van der Waals surface area contributed by atoms with Gasteiger partial charge in [-0.2, -0.15) is 0 Å². The number of nitrogens with zero attached hydrogens (tertiary/aromatic N) is 1. The minimum absolute atomic E-state index is 0.00579. The van der Waals surface area contributed by atoms with Crippen molar-refractivity contribution in [3.05, 3.63) is 35.6 Å². The zero-order valence-corrected chi connectivity index (χ0v) is 16.9. The first-order valence-corrected chi connectivity index (χ1v) is 11.1. The Kier molecular flexibility index (Phi) is 6.79. The van der Waals surface area contributed by atoms with Gasteiger partial charge in [-0.1, -0.05) is 32.3 Å². The predicted octanol–water partition coefficient (Wildman–Crippen LogP) is 4.20. The molecule has 1 aliphatic carbocycles. The maximum atomic E-state index is 13.7. The van der Waals surface area contributed by atoms with Crippen LogP contribution < -0.4 is 5.32 Å². The molecule has 1 saturated carbocycles. The van der Waals surface area contributed by atoms with Gasteiger partial charge < -0.3 is 10.2 Å². The molecule has 0 bridgehead atoms. The first-order valence-electron chi connectivity index (χ1n) is 10.0. The molecular weight excluding hydrogens is 363 g/mol. The highest BCUT2D eigenvalue weighted by molar-refractivity contribution is 8.00. The van der Waals surface area contributed by atoms with Gasteiger partial charge in [-0.3, -0.25) is 9.59 Å². The van der Waals surface area contributed by atoms with Crippen LogP contribution in [-0.2, 0) is 4.79 Å². The molecule has 0 aromatic heterocycles. The van der Waals surface area contributed by atoms with Crippen LogP contribution in [-0.4, -0.2) is 39.9 Å². The van der Waals surface area contributed by atoms with Crippen molar-refractivity contribution in [2.45, 2.75) is 69.8 Å². The van der Waals surface area contributed by atoms with Crippen molar-refractivity contribution in [3.8, 4) is 0 Å². The maximum absolute atomic E-state index is 13.7. The third-order valence-corrected chi connectivity index (χ3v) is 7.16. The summed E-state index contributed by atoms with van der Waals surface area (Å²) in [4.78, 5) is 27.9. The van der Waals surface area contributed by atoms with E-state index in [2.05, 4.69) is 5.32 Å². The summed E-state index contributed by atoms with van der Waals surface area (Å²) in [6.45, 7) is 3.99. The van der Waals surface area contributed by atoms with Gasteiger partial charge in [0.25, 0.3) is 5.91 Å². The third-order valence-electron chi connectivity index (χ3n) is 5.70. The molecule has 6 heteroatoms. The summed E-state index contributed by atoms with van der Waals surface area (Å²) >= 11 is 1.71. The molecule has 3 atom stereocenters. The molecule has 0 radical (unpaired) electrons. The summed E-state index contributed by atoms with van der Waals surface area (Å²) in [6.07, 6.45) is 6.61. The number of rotatable bonds is 5. The highest BCUT2D eigenvalue weighted by Gasteiger charge is 2.45. The Morgan fingerprint density at radius 1 is 1.30 bits per heavy atom. The summed E-state index contributed by atoms with van der Waals surface area (Å²) < 4.78 is 13.7. The zero-order valence-electron chi connectivity index (χ0n) is 16.1. The molecule has 27 heavy (non-hydrogen) atoms. The molecule has 2 fully saturated rings. The van der Waals surface area contributed by atoms with E-state index in [0.717, 1.165) is 19.3 Å². The number of hydrogen-bond acceptors (Lipinski definition) is 3. The zero-order chi connectivity index (χ0) is 19.4. The number of benzene rings is 1. The molecule has 0 unspecified atom stereocenters. The van der Waals surface area contributed by atoms with Gasteiger partial charge >= 0.3 is 0 Å². The van der Waals surface area contributed by atoms with Gasteiger partial charge in [0.2, 0.25) is 5.91 Å². The lowest BCUT2D eigenvalue weighted by Gasteiger charge is -2.35. The van der Waals surface area contributed by atoms with E-state index in [1.807, 2.05) is 13.8 Å². The Labute approximate surface area is 165 Å². The largest absolute Gasteiger partial charge is 0.352 e. The van der Waals surface area contributed by atoms with Crippen LogP contribution in [0.5, 0.6) is 0 Å². The number of carbonyl (C=O) groups excluding carboxylic acids is 2. The fourth-order valence-corrected chi connectivity index (χ4v) is 5.62. The van der Waals surface area contributed by atoms with Crippen LogP contribution in [0.25, 0.3) is 0 Å². The number of amides is 2. The first-order chi connectivity index (χ1) is 13.0. The predicted molar refractivity (Wildman–Crippen MR) is 107 cm³/mol. The average molecular weight is 393 g/mol. The molecule has 1 saturated heterocycles. The molecule has 1 aliphatic heterocycles. The van der Waals surface area contributed by atoms with Crippen molar-refractivity contribution >= 4 is 23.6 Å². The molecule has 2 amide bonds. The minimum Gasteiger partial charge on any atom is -0.352 e. The first kappa shape index (κ1) is 20.2. The lowest BCUT2D eigenvalue weighted by molar-refractivity contribution is -0.125. The Balaban J connectivity index is 1.86. The summed E-state index contributed by atoms with van der Waals surface area (Å²) in [5.41, 5.74) is 0.319. The molecule has 2 aliphatic rings. The van der Waals surface area contributed by atoms with Crippen LogP contribution in [0.3, 0.4) is 0 Å². The molecule has 1 aromatic rings. The highest BCUT2D eigenvalue weighted by atomic mass is 32.2. The smallest absolute Gasteiger partial charge is 0.255 e. The van der Waals surface area contributed by atoms with Gasteiger partial charge in [0, 0.05) is 17.4 Å². The van der Waals surface area contributed by atoms with E-state index >= 15 is 0 Å². The van der Waals surface area contributed by atoms with E-state index < -0.39 is 11.9 Å². The van der Waals surface area contributed by atoms with E-state index in [4.69, 9.17) is 0 Å². The molecule has 1 N–H and O–H groups in total. The lowest BCUT2D eigenvalue weighted by atomic mass is 9.88. The SMILES string of the molecule is CC[C@H](C)NC(=O)[C@@H]1CS[C@H](C2CCCCC2)N1C(=O)c1cccc(F)c1. The number of halogens is 1. The summed E-state index contributed by atoms with van der Waals surface area (Å²) in [5, 5.41) is 3.02. The average Bonchev–Trinajstić information content (AvgIpc) is 3.13. The molecule has 148 valence electrons. The van der Waals surface area contributed by atoms with E-state index in [0.29, 0.717) is 17.2 Å². The standard InChI is InChI=1S/C21H29FN2O2S/c1-3-14(2)23-19(25)18-13-27-21(15-8-5-4-6-9-15)24(18)20(26)16-10-7-11-17(22)12-16/h7,10-12,14-15,18,21H,3-6,8-9,13H2,1-2H3,(H,23,25)/t14-,18-,21+/m0/s1. The van der Waals surface area contributed by atoms with Crippen molar-refractivity contribution in [1.29, 1.82) is 0 Å². The molecule has 4 nitrogen and oxygen atoms in total. The lowest BCUT2D eigenvalue weighted by Crippen LogP contribution is -2.52. The fraction of sp³-hybridized carbons (Fsp3) is 0.619. The van der Waals surface area contributed by atoms with Crippen LogP contribution in [0.2, 0.25) is 0 Å². The second kappa shape index (κ2) is 9.09. The number of thioether (sulfide) groups is 1. The Morgan fingerprint density at radius 2 is 2.04 bits per heavy atom. The number of carbonyl (C=O) groups is 2. The molecule has 1 heterocycles. The topological polar surface area (TPSA) is 49.4 Å². The van der Waals surface area contributed by atoms with Crippen LogP contribution in [0.15, 0.2) is 24.3 Å². The Morgan fingerprint density at radius 3 is 2.70 bits per heavy atom. The van der Waals surface area contributed by atoms with Gasteiger partial charge in [-0.05, 0) is 50.3 Å². The summed E-state index contributed by atoms with van der Waals surface area (Å²) in [7, 11) is 0. The van der Waals surface area contributed by atoms with Gasteiger partial charge in [0.05, 0.1) is 5.37 Å². The van der Waals surface area contributed by atoms with Crippen LogP contribution in [0, 0.1) is 11.7 Å². The minimum atomic E-state index is -0.494. The van der Waals surface area contributed by atoms with Crippen molar-refractivity contribution in [3.63, 3.8) is 0 Å². The van der Waals surface area contributed by atoms with Crippen molar-refractivity contribution < 1.29 is 14.0 Å². The summed E-state index contributed by atoms with van der Waals surface area (Å²) in [5.74, 6) is 0.245. The van der Waals surface area contributed by atoms with Crippen molar-refractivity contribution in [2.24, 2.45) is 5.92 Å². The Bertz CT molecular complexity index is 678. The van der Waals surface area contributed by atoms with E-state index in [-0.39, 0.29) is 23.2 Å². The van der Waals surface area contributed by atoms with E-state index in [1.54, 1.807) is 28.8 Å². The quantitative estimate of drug-likeness (QED) is 0.817. The monoisotopic (exact) mass is 392 g/mol. The van der Waals surface area contributed by atoms with E-state index in [1.165, 1.54) is 31.4 Å². The third kappa shape index (κ3) is 4.65. The van der Waals surface area contributed by atoms with Crippen LogP contribution >= 0.6 is 11.8 Å². The second-order valence-corrected chi connectivity index (χ2v) is 8.83. The van der Waals surface area contributed by atoms with Crippen molar-refractivity contribution in [2.75, 3.05) is 5.75 Å². The molecular formula is C21H29FN2O2S. The van der Waals surface area contributed by atoms with Crippen LogP contribution in [0.1, 0.15) is 62.7 Å². The summed E-state index contributed by atoms with van der Waals surface area (Å²) in [6, 6.07) is 5.37. The molecule has 1 aromatic carbocycles. The maximum Gasteiger partial charge on any atom is 0.255 e. The van der Waals surface area contributed by atoms with E-state index in [9.17, 15) is 14.0 Å². The van der Waals surface area contributed by atoms with Crippen molar-refractivity contribution in [1.82, 2.24) is 10.2 Å². The molecule has 0 spiro atoms. The Hall–Kier alpha value is -1.56. The van der Waals surface area contributed by atoms with Gasteiger partial charge in [-0.15, -0.1) is 11.8 Å².